The molecule has 0 saturated carbocycles. The predicted molar refractivity (Wildman–Crippen MR) is 87.6 cm³/mol. The summed E-state index contributed by atoms with van der Waals surface area (Å²) < 4.78 is 10.2. The molecular weight excluding hydrogens is 318 g/mol. The topological polar surface area (TPSA) is 80.8 Å². The summed E-state index contributed by atoms with van der Waals surface area (Å²) in [6.45, 7) is 10.1. The molecule has 1 aromatic rings. The van der Waals surface area contributed by atoms with Gasteiger partial charge in [-0.1, -0.05) is 12.7 Å². The summed E-state index contributed by atoms with van der Waals surface area (Å²) in [5, 5.41) is 3.05. The van der Waals surface area contributed by atoms with E-state index in [4.69, 9.17) is 9.47 Å². The van der Waals surface area contributed by atoms with Gasteiger partial charge in [-0.2, -0.15) is 0 Å². The van der Waals surface area contributed by atoms with Crippen molar-refractivity contribution < 1.29 is 19.1 Å². The average molecular weight is 339 g/mol. The number of nitrogens with one attached hydrogen (secondary N) is 1. The molecule has 126 valence electrons. The van der Waals surface area contributed by atoms with Crippen molar-refractivity contribution >= 4 is 28.7 Å². The number of fused-ring (bicyclic) bond motifs is 1. The van der Waals surface area contributed by atoms with Crippen LogP contribution in [0.1, 0.15) is 31.3 Å². The molecule has 1 N–H and O–H groups in total. The first-order valence-electron chi connectivity index (χ1n) is 7.29. The molecule has 1 aliphatic rings. The Hall–Kier alpha value is -2.09. The highest BCUT2D eigenvalue weighted by atomic mass is 32.1. The zero-order valence-electron chi connectivity index (χ0n) is 13.5. The van der Waals surface area contributed by atoms with Gasteiger partial charge in [-0.05, 0) is 20.8 Å². The smallest absolute Gasteiger partial charge is 0.413 e. The van der Waals surface area contributed by atoms with Crippen LogP contribution < -0.4 is 5.32 Å². The van der Waals surface area contributed by atoms with Crippen molar-refractivity contribution in [1.29, 1.82) is 0 Å². The number of nitrogens with zero attached hydrogens (tertiary/aromatic N) is 2. The standard InChI is InChI=1S/C15H21N3O4S/c1-5-8-21-13(19)17-12-16-10-9-18(7-6-11(10)23-12)14(20)22-15(2,3)4/h5H,1,6-9H2,2-4H3,(H,16,17,19). The minimum atomic E-state index is -0.569. The number of hydrogen-bond donors (Lipinski definition) is 1. The van der Waals surface area contributed by atoms with Gasteiger partial charge < -0.3 is 14.4 Å². The summed E-state index contributed by atoms with van der Waals surface area (Å²) in [4.78, 5) is 30.7. The van der Waals surface area contributed by atoms with Crippen molar-refractivity contribution in [2.24, 2.45) is 0 Å². The molecule has 1 aromatic heterocycles. The van der Waals surface area contributed by atoms with Gasteiger partial charge in [-0.3, -0.25) is 5.32 Å². The molecule has 8 heteroatoms. The van der Waals surface area contributed by atoms with Crippen molar-refractivity contribution in [1.82, 2.24) is 9.88 Å². The van der Waals surface area contributed by atoms with Gasteiger partial charge in [0.15, 0.2) is 5.13 Å². The van der Waals surface area contributed by atoms with Crippen molar-refractivity contribution in [3.63, 3.8) is 0 Å². The van der Waals surface area contributed by atoms with Crippen LogP contribution in [-0.4, -0.2) is 40.8 Å². The SMILES string of the molecule is C=CCOC(=O)Nc1nc2c(s1)CCN(C(=O)OC(C)(C)C)C2. The molecule has 1 aliphatic heterocycles. The van der Waals surface area contributed by atoms with Crippen LogP contribution in [0.25, 0.3) is 0 Å². The van der Waals surface area contributed by atoms with E-state index in [1.165, 1.54) is 17.4 Å². The molecule has 0 unspecified atom stereocenters. The molecule has 0 aliphatic carbocycles. The van der Waals surface area contributed by atoms with E-state index in [1.54, 1.807) is 4.90 Å². The minimum absolute atomic E-state index is 0.142. The molecule has 0 aromatic carbocycles. The van der Waals surface area contributed by atoms with Crippen LogP contribution >= 0.6 is 11.3 Å². The highest BCUT2D eigenvalue weighted by Crippen LogP contribution is 2.29. The monoisotopic (exact) mass is 339 g/mol. The van der Waals surface area contributed by atoms with Crippen LogP contribution in [0.5, 0.6) is 0 Å². The molecule has 0 radical (unpaired) electrons. The minimum Gasteiger partial charge on any atom is -0.445 e. The normalized spacial score (nSPS) is 14.0. The van der Waals surface area contributed by atoms with Crippen molar-refractivity contribution in [3.8, 4) is 0 Å². The van der Waals surface area contributed by atoms with Crippen molar-refractivity contribution in [3.05, 3.63) is 23.2 Å². The molecule has 0 spiro atoms. The predicted octanol–water partition coefficient (Wildman–Crippen LogP) is 3.17. The summed E-state index contributed by atoms with van der Waals surface area (Å²) in [6.07, 6.45) is 1.26. The van der Waals surface area contributed by atoms with E-state index in [9.17, 15) is 9.59 Å². The van der Waals surface area contributed by atoms with Gasteiger partial charge in [-0.15, -0.1) is 11.3 Å². The molecule has 0 atom stereocenters. The van der Waals surface area contributed by atoms with E-state index in [1.807, 2.05) is 20.8 Å². The fourth-order valence-electron chi connectivity index (χ4n) is 1.99. The summed E-state index contributed by atoms with van der Waals surface area (Å²) in [5.41, 5.74) is 0.257. The number of thiazole rings is 1. The molecule has 2 rings (SSSR count). The first-order valence-corrected chi connectivity index (χ1v) is 8.11. The van der Waals surface area contributed by atoms with Gasteiger partial charge in [0.25, 0.3) is 0 Å². The number of ether oxygens (including phenoxy) is 2. The maximum absolute atomic E-state index is 12.1. The summed E-state index contributed by atoms with van der Waals surface area (Å²) in [6, 6.07) is 0. The van der Waals surface area contributed by atoms with Gasteiger partial charge >= 0.3 is 12.2 Å². The summed E-state index contributed by atoms with van der Waals surface area (Å²) >= 11 is 1.40. The molecule has 7 nitrogen and oxygen atoms in total. The third-order valence-corrected chi connectivity index (χ3v) is 3.99. The van der Waals surface area contributed by atoms with E-state index in [-0.39, 0.29) is 12.7 Å². The number of amides is 2. The highest BCUT2D eigenvalue weighted by molar-refractivity contribution is 7.15. The Morgan fingerprint density at radius 2 is 2.22 bits per heavy atom. The van der Waals surface area contributed by atoms with Crippen LogP contribution in [-0.2, 0) is 22.4 Å². The highest BCUT2D eigenvalue weighted by Gasteiger charge is 2.28. The van der Waals surface area contributed by atoms with Crippen LogP contribution in [0.3, 0.4) is 0 Å². The average Bonchev–Trinajstić information content (AvgIpc) is 2.84. The Bertz CT molecular complexity index is 606. The lowest BCUT2D eigenvalue weighted by atomic mass is 10.2. The number of aromatic nitrogens is 1. The lowest BCUT2D eigenvalue weighted by Gasteiger charge is -2.29. The van der Waals surface area contributed by atoms with E-state index in [2.05, 4.69) is 16.9 Å². The van der Waals surface area contributed by atoms with Gasteiger partial charge in [0.05, 0.1) is 12.2 Å². The summed E-state index contributed by atoms with van der Waals surface area (Å²) in [7, 11) is 0. The number of rotatable bonds is 3. The number of anilines is 1. The molecule has 2 heterocycles. The van der Waals surface area contributed by atoms with Gasteiger partial charge in [0, 0.05) is 17.8 Å². The largest absolute Gasteiger partial charge is 0.445 e. The number of carbonyl (C=O) groups is 2. The van der Waals surface area contributed by atoms with Crippen LogP contribution in [0, 0.1) is 0 Å². The first-order chi connectivity index (χ1) is 10.8. The van der Waals surface area contributed by atoms with Gasteiger partial charge in [0.2, 0.25) is 0 Å². The fourth-order valence-corrected chi connectivity index (χ4v) is 2.94. The van der Waals surface area contributed by atoms with E-state index >= 15 is 0 Å². The first kappa shape index (κ1) is 17.3. The summed E-state index contributed by atoms with van der Waals surface area (Å²) in [5.74, 6) is 0. The van der Waals surface area contributed by atoms with Crippen molar-refractivity contribution in [2.75, 3.05) is 18.5 Å². The third-order valence-electron chi connectivity index (χ3n) is 2.92. The van der Waals surface area contributed by atoms with Crippen LogP contribution in [0.15, 0.2) is 12.7 Å². The molecule has 2 amide bonds. The lowest BCUT2D eigenvalue weighted by Crippen LogP contribution is -2.39. The zero-order chi connectivity index (χ0) is 17.0. The Morgan fingerprint density at radius 1 is 1.48 bits per heavy atom. The second-order valence-electron chi connectivity index (χ2n) is 6.05. The molecule has 0 bridgehead atoms. The Kier molecular flexibility index (Phi) is 5.25. The van der Waals surface area contributed by atoms with Gasteiger partial charge in [-0.25, -0.2) is 14.6 Å². The third kappa shape index (κ3) is 4.95. The maximum atomic E-state index is 12.1. The van der Waals surface area contributed by atoms with Crippen LogP contribution in [0.2, 0.25) is 0 Å². The van der Waals surface area contributed by atoms with Crippen LogP contribution in [0.4, 0.5) is 14.7 Å². The second kappa shape index (κ2) is 6.99. The Balaban J connectivity index is 1.97. The number of hydrogen-bond acceptors (Lipinski definition) is 6. The quantitative estimate of drug-likeness (QED) is 0.856. The second-order valence-corrected chi connectivity index (χ2v) is 7.14. The fraction of sp³-hybridized carbons (Fsp3) is 0.533. The molecular formula is C15H21N3O4S. The van der Waals surface area contributed by atoms with E-state index in [0.29, 0.717) is 24.6 Å². The maximum Gasteiger partial charge on any atom is 0.413 e. The van der Waals surface area contributed by atoms with Crippen molar-refractivity contribution in [2.45, 2.75) is 39.3 Å². The van der Waals surface area contributed by atoms with Gasteiger partial charge in [0.1, 0.15) is 12.2 Å². The Morgan fingerprint density at radius 3 is 2.87 bits per heavy atom. The Labute approximate surface area is 139 Å². The zero-order valence-corrected chi connectivity index (χ0v) is 14.4. The number of carbonyl (C=O) groups excluding carboxylic acids is 2. The molecule has 0 fully saturated rings. The van der Waals surface area contributed by atoms with E-state index < -0.39 is 11.7 Å². The molecule has 0 saturated heterocycles. The molecule has 23 heavy (non-hydrogen) atoms. The lowest BCUT2D eigenvalue weighted by molar-refractivity contribution is 0.0222. The van der Waals surface area contributed by atoms with E-state index in [0.717, 1.165) is 10.6 Å².